The molecule has 2 nitrogen and oxygen atoms in total. The second-order valence-corrected chi connectivity index (χ2v) is 14.1. The summed E-state index contributed by atoms with van der Waals surface area (Å²) in [5.41, 5.74) is 15.8. The van der Waals surface area contributed by atoms with E-state index in [4.69, 9.17) is 0 Å². The Kier molecular flexibility index (Phi) is 8.00. The highest BCUT2D eigenvalue weighted by Crippen LogP contribution is 2.39. The number of anilines is 3. The minimum atomic E-state index is 1.05. The van der Waals surface area contributed by atoms with Gasteiger partial charge in [-0.15, -0.1) is 0 Å². The molecule has 9 aromatic rings. The molecule has 0 radical (unpaired) electrons. The van der Waals surface area contributed by atoms with Crippen molar-refractivity contribution < 1.29 is 0 Å². The lowest BCUT2D eigenvalue weighted by molar-refractivity contribution is 0.889. The zero-order valence-electron chi connectivity index (χ0n) is 29.9. The molecular weight excluding hydrogens is 653 g/mol. The van der Waals surface area contributed by atoms with Gasteiger partial charge in [0.1, 0.15) is 0 Å². The molecule has 0 aliphatic heterocycles. The average Bonchev–Trinajstić information content (AvgIpc) is 3.59. The van der Waals surface area contributed by atoms with Gasteiger partial charge in [-0.1, -0.05) is 152 Å². The number of hydrogen-bond acceptors (Lipinski definition) is 1. The van der Waals surface area contributed by atoms with Crippen LogP contribution in [0.2, 0.25) is 0 Å². The van der Waals surface area contributed by atoms with Crippen molar-refractivity contribution in [1.82, 2.24) is 4.57 Å². The molecule has 0 saturated carbocycles. The predicted molar refractivity (Wildman–Crippen MR) is 229 cm³/mol. The molecule has 1 aliphatic rings. The first-order chi connectivity index (χ1) is 26.8. The summed E-state index contributed by atoms with van der Waals surface area (Å²) in [6, 6.07) is 70.5. The van der Waals surface area contributed by atoms with Crippen LogP contribution in [0, 0.1) is 0 Å². The van der Waals surface area contributed by atoms with Crippen molar-refractivity contribution in [1.29, 1.82) is 0 Å². The predicted octanol–water partition coefficient (Wildman–Crippen LogP) is 14.2. The van der Waals surface area contributed by atoms with Crippen molar-refractivity contribution in [3.8, 4) is 39.1 Å². The van der Waals surface area contributed by atoms with Gasteiger partial charge >= 0.3 is 0 Å². The van der Waals surface area contributed by atoms with Crippen LogP contribution >= 0.6 is 0 Å². The number of benzene rings is 8. The molecular formula is C52H38N2. The van der Waals surface area contributed by atoms with Gasteiger partial charge in [-0.3, -0.25) is 0 Å². The number of allylic oxidation sites excluding steroid dienone is 1. The molecule has 1 aliphatic carbocycles. The molecule has 0 saturated heterocycles. The summed E-state index contributed by atoms with van der Waals surface area (Å²) in [4.78, 5) is 2.35. The summed E-state index contributed by atoms with van der Waals surface area (Å²) < 4.78 is 2.47. The first kappa shape index (κ1) is 31.8. The van der Waals surface area contributed by atoms with E-state index in [1.807, 2.05) is 0 Å². The summed E-state index contributed by atoms with van der Waals surface area (Å²) in [6.45, 7) is 0. The van der Waals surface area contributed by atoms with Gasteiger partial charge in [-0.25, -0.2) is 0 Å². The van der Waals surface area contributed by atoms with E-state index in [1.165, 1.54) is 72.0 Å². The van der Waals surface area contributed by atoms with E-state index in [-0.39, 0.29) is 0 Å². The lowest BCUT2D eigenvalue weighted by Crippen LogP contribution is -2.09. The Hall–Kier alpha value is -6.90. The standard InChI is InChI=1S/C52H38N2/c1-2-12-37(13-3-1)38-24-30-43(31-25-38)53(45-34-28-41(29-35-45)48-21-11-15-40-14-4-5-18-47(40)48)44-32-26-39(27-33-44)42-16-10-17-46(36-42)54-51-22-8-6-19-49(51)50-20-7-9-23-52(50)54/h1-8,10-22,24-36H,9,23H2. The van der Waals surface area contributed by atoms with Gasteiger partial charge in [0.25, 0.3) is 0 Å². The van der Waals surface area contributed by atoms with Gasteiger partial charge in [0, 0.05) is 39.4 Å². The highest BCUT2D eigenvalue weighted by molar-refractivity contribution is 5.97. The van der Waals surface area contributed by atoms with Crippen LogP contribution in [-0.4, -0.2) is 4.57 Å². The molecule has 0 unspecified atom stereocenters. The largest absolute Gasteiger partial charge is 0.313 e. The maximum Gasteiger partial charge on any atom is 0.0537 e. The topological polar surface area (TPSA) is 8.17 Å². The van der Waals surface area contributed by atoms with Crippen molar-refractivity contribution in [2.75, 3.05) is 4.90 Å². The van der Waals surface area contributed by atoms with Crippen molar-refractivity contribution in [3.05, 3.63) is 211 Å². The molecule has 8 aromatic carbocycles. The van der Waals surface area contributed by atoms with Gasteiger partial charge in [0.05, 0.1) is 5.52 Å². The number of para-hydroxylation sites is 1. The van der Waals surface area contributed by atoms with Crippen LogP contribution in [0.1, 0.15) is 17.7 Å². The third-order valence-corrected chi connectivity index (χ3v) is 10.9. The third-order valence-electron chi connectivity index (χ3n) is 10.9. The molecule has 1 heterocycles. The van der Waals surface area contributed by atoms with Crippen molar-refractivity contribution in [2.24, 2.45) is 0 Å². The van der Waals surface area contributed by atoms with Gasteiger partial charge in [-0.2, -0.15) is 0 Å². The highest BCUT2D eigenvalue weighted by Gasteiger charge is 2.19. The van der Waals surface area contributed by atoms with Crippen LogP contribution in [0.5, 0.6) is 0 Å². The fraction of sp³-hybridized carbons (Fsp3) is 0.0385. The van der Waals surface area contributed by atoms with E-state index in [1.54, 1.807) is 0 Å². The van der Waals surface area contributed by atoms with Crippen LogP contribution in [-0.2, 0) is 6.42 Å². The number of aromatic nitrogens is 1. The van der Waals surface area contributed by atoms with E-state index in [2.05, 4.69) is 216 Å². The van der Waals surface area contributed by atoms with Crippen LogP contribution in [0.25, 0.3) is 66.8 Å². The molecule has 1 aromatic heterocycles. The Balaban J connectivity index is 1.02. The first-order valence-electron chi connectivity index (χ1n) is 18.8. The van der Waals surface area contributed by atoms with E-state index in [0.29, 0.717) is 0 Å². The zero-order valence-corrected chi connectivity index (χ0v) is 29.9. The fourth-order valence-electron chi connectivity index (χ4n) is 8.24. The average molecular weight is 691 g/mol. The monoisotopic (exact) mass is 690 g/mol. The minimum Gasteiger partial charge on any atom is -0.313 e. The molecule has 2 heteroatoms. The summed E-state index contributed by atoms with van der Waals surface area (Å²) in [7, 11) is 0. The summed E-state index contributed by atoms with van der Waals surface area (Å²) >= 11 is 0. The quantitative estimate of drug-likeness (QED) is 0.162. The Labute approximate surface area is 316 Å². The molecule has 10 rings (SSSR count). The van der Waals surface area contributed by atoms with E-state index < -0.39 is 0 Å². The molecule has 0 N–H and O–H groups in total. The van der Waals surface area contributed by atoms with Crippen molar-refractivity contribution in [2.45, 2.75) is 12.8 Å². The Bertz CT molecular complexity index is 2780. The van der Waals surface area contributed by atoms with Gasteiger partial charge in [-0.05, 0) is 112 Å². The van der Waals surface area contributed by atoms with Crippen molar-refractivity contribution in [3.63, 3.8) is 0 Å². The molecule has 0 spiro atoms. The van der Waals surface area contributed by atoms with Gasteiger partial charge in [0.15, 0.2) is 0 Å². The summed E-state index contributed by atoms with van der Waals surface area (Å²) in [6.07, 6.45) is 6.72. The second-order valence-electron chi connectivity index (χ2n) is 14.1. The van der Waals surface area contributed by atoms with E-state index in [0.717, 1.165) is 29.9 Å². The van der Waals surface area contributed by atoms with Crippen molar-refractivity contribution >= 4 is 44.8 Å². The molecule has 0 bridgehead atoms. The van der Waals surface area contributed by atoms with Crippen LogP contribution in [0.4, 0.5) is 17.1 Å². The SMILES string of the molecule is C1=Cc2c(n(-c3cccc(-c4ccc(N(c5ccc(-c6ccccc6)cc5)c5ccc(-c6cccc7ccccc67)cc5)cc4)c3)c3ccccc23)CC1. The number of fused-ring (bicyclic) bond motifs is 4. The fourth-order valence-corrected chi connectivity index (χ4v) is 8.24. The van der Waals surface area contributed by atoms with Crippen LogP contribution in [0.15, 0.2) is 200 Å². The Morgan fingerprint density at radius 3 is 1.72 bits per heavy atom. The number of hydrogen-bond donors (Lipinski definition) is 0. The Morgan fingerprint density at radius 2 is 0.981 bits per heavy atom. The normalized spacial score (nSPS) is 12.2. The minimum absolute atomic E-state index is 1.05. The molecule has 0 fully saturated rings. The van der Waals surface area contributed by atoms with Crippen LogP contribution in [0.3, 0.4) is 0 Å². The highest BCUT2D eigenvalue weighted by atomic mass is 15.1. The second kappa shape index (κ2) is 13.6. The molecule has 54 heavy (non-hydrogen) atoms. The van der Waals surface area contributed by atoms with Gasteiger partial charge < -0.3 is 9.47 Å². The summed E-state index contributed by atoms with van der Waals surface area (Å²) in [5.74, 6) is 0. The maximum atomic E-state index is 2.47. The smallest absolute Gasteiger partial charge is 0.0537 e. The lowest BCUT2D eigenvalue weighted by Gasteiger charge is -2.26. The maximum absolute atomic E-state index is 2.47. The molecule has 0 atom stereocenters. The number of nitrogens with zero attached hydrogens (tertiary/aromatic N) is 2. The van der Waals surface area contributed by atoms with E-state index in [9.17, 15) is 0 Å². The first-order valence-corrected chi connectivity index (χ1v) is 18.8. The van der Waals surface area contributed by atoms with Crippen LogP contribution < -0.4 is 4.90 Å². The number of rotatable bonds is 7. The summed E-state index contributed by atoms with van der Waals surface area (Å²) in [5, 5.41) is 3.84. The zero-order chi connectivity index (χ0) is 35.8. The molecule has 256 valence electrons. The molecule has 0 amide bonds. The lowest BCUT2D eigenvalue weighted by atomic mass is 9.98. The van der Waals surface area contributed by atoms with E-state index >= 15 is 0 Å². The third kappa shape index (κ3) is 5.70. The Morgan fingerprint density at radius 1 is 0.426 bits per heavy atom. The van der Waals surface area contributed by atoms with Gasteiger partial charge in [0.2, 0.25) is 0 Å².